The molecule has 0 saturated carbocycles. The molecule has 2 amide bonds. The number of amides is 2. The zero-order chi connectivity index (χ0) is 15.7. The number of carbonyl (C=O) groups is 2. The van der Waals surface area contributed by atoms with E-state index in [4.69, 9.17) is 14.6 Å². The lowest BCUT2D eigenvalue weighted by Crippen LogP contribution is -2.31. The van der Waals surface area contributed by atoms with Crippen LogP contribution < -0.4 is 10.6 Å². The number of ether oxygens (including phenoxy) is 2. The van der Waals surface area contributed by atoms with E-state index in [-0.39, 0.29) is 5.56 Å². The highest BCUT2D eigenvalue weighted by Gasteiger charge is 2.08. The topological polar surface area (TPSA) is 96.9 Å². The molecular weight excluding hydrogens is 344 g/mol. The lowest BCUT2D eigenvalue weighted by Gasteiger charge is -2.10. The molecule has 0 atom stereocenters. The Kier molecular flexibility index (Phi) is 7.73. The molecule has 0 unspecified atom stereocenters. The first-order chi connectivity index (χ1) is 10.0. The van der Waals surface area contributed by atoms with Crippen molar-refractivity contribution in [1.29, 1.82) is 0 Å². The van der Waals surface area contributed by atoms with E-state index < -0.39 is 12.0 Å². The van der Waals surface area contributed by atoms with Crippen LogP contribution in [0.1, 0.15) is 10.4 Å². The van der Waals surface area contributed by atoms with Crippen LogP contribution in [0.3, 0.4) is 0 Å². The summed E-state index contributed by atoms with van der Waals surface area (Å²) < 4.78 is 10.5. The molecule has 0 aromatic heterocycles. The van der Waals surface area contributed by atoms with E-state index in [1.165, 1.54) is 18.2 Å². The van der Waals surface area contributed by atoms with Gasteiger partial charge in [0.1, 0.15) is 0 Å². The maximum atomic E-state index is 11.6. The highest BCUT2D eigenvalue weighted by atomic mass is 79.9. The van der Waals surface area contributed by atoms with Crippen molar-refractivity contribution in [2.45, 2.75) is 0 Å². The predicted molar refractivity (Wildman–Crippen MR) is 80.8 cm³/mol. The van der Waals surface area contributed by atoms with Gasteiger partial charge in [-0.25, -0.2) is 9.59 Å². The minimum Gasteiger partial charge on any atom is -0.478 e. The summed E-state index contributed by atoms with van der Waals surface area (Å²) >= 11 is 3.21. The van der Waals surface area contributed by atoms with E-state index in [0.29, 0.717) is 36.5 Å². The Balaban J connectivity index is 2.36. The minimum absolute atomic E-state index is 0.138. The van der Waals surface area contributed by atoms with E-state index in [1.54, 1.807) is 7.11 Å². The Labute approximate surface area is 130 Å². The number of rotatable bonds is 8. The number of anilines is 1. The quantitative estimate of drug-likeness (QED) is 0.615. The van der Waals surface area contributed by atoms with Gasteiger partial charge in [-0.2, -0.15) is 0 Å². The van der Waals surface area contributed by atoms with Gasteiger partial charge in [0.05, 0.1) is 31.1 Å². The van der Waals surface area contributed by atoms with Crippen molar-refractivity contribution in [3.8, 4) is 0 Å². The van der Waals surface area contributed by atoms with Crippen LogP contribution in [0.15, 0.2) is 22.7 Å². The Hall–Kier alpha value is -1.64. The third kappa shape index (κ3) is 6.56. The van der Waals surface area contributed by atoms with Crippen molar-refractivity contribution >= 4 is 33.6 Å². The fourth-order valence-corrected chi connectivity index (χ4v) is 1.87. The fourth-order valence-electron chi connectivity index (χ4n) is 1.40. The van der Waals surface area contributed by atoms with Gasteiger partial charge in [-0.05, 0) is 34.1 Å². The molecule has 21 heavy (non-hydrogen) atoms. The smallest absolute Gasteiger partial charge is 0.335 e. The first-order valence-corrected chi connectivity index (χ1v) is 6.98. The van der Waals surface area contributed by atoms with Crippen LogP contribution in [-0.2, 0) is 9.47 Å². The van der Waals surface area contributed by atoms with Crippen LogP contribution in [0.4, 0.5) is 10.5 Å². The van der Waals surface area contributed by atoms with Crippen LogP contribution in [0.25, 0.3) is 0 Å². The zero-order valence-electron chi connectivity index (χ0n) is 11.5. The lowest BCUT2D eigenvalue weighted by atomic mass is 10.2. The molecule has 0 fully saturated rings. The van der Waals surface area contributed by atoms with Gasteiger partial charge in [0.15, 0.2) is 0 Å². The molecule has 0 aliphatic carbocycles. The molecule has 0 aliphatic rings. The van der Waals surface area contributed by atoms with E-state index >= 15 is 0 Å². The summed E-state index contributed by atoms with van der Waals surface area (Å²) in [6.45, 7) is 1.73. The summed E-state index contributed by atoms with van der Waals surface area (Å²) in [5, 5.41) is 14.1. The Bertz CT molecular complexity index is 495. The first-order valence-electron chi connectivity index (χ1n) is 6.19. The number of carboxylic acid groups (broad SMARTS) is 1. The second kappa shape index (κ2) is 9.32. The summed E-state index contributed by atoms with van der Waals surface area (Å²) in [5.41, 5.74) is 0.622. The van der Waals surface area contributed by atoms with Crippen molar-refractivity contribution < 1.29 is 24.2 Å². The number of methoxy groups -OCH3 is 1. The zero-order valence-corrected chi connectivity index (χ0v) is 13.1. The van der Waals surface area contributed by atoms with Gasteiger partial charge in [0, 0.05) is 18.1 Å². The molecule has 0 saturated heterocycles. The van der Waals surface area contributed by atoms with Crippen LogP contribution in [-0.4, -0.2) is 50.6 Å². The third-order valence-electron chi connectivity index (χ3n) is 2.43. The molecule has 1 rings (SSSR count). The van der Waals surface area contributed by atoms with Crippen molar-refractivity contribution in [3.05, 3.63) is 28.2 Å². The van der Waals surface area contributed by atoms with Gasteiger partial charge in [-0.15, -0.1) is 0 Å². The van der Waals surface area contributed by atoms with Gasteiger partial charge >= 0.3 is 12.0 Å². The standard InChI is InChI=1S/C13H17BrN2O5/c1-20-6-7-21-5-4-15-13(19)16-11-3-2-9(12(17)18)8-10(11)14/h2-3,8H,4-7H2,1H3,(H,17,18)(H2,15,16,19). The number of halogens is 1. The van der Waals surface area contributed by atoms with Crippen molar-refractivity contribution in [1.82, 2.24) is 5.32 Å². The first kappa shape index (κ1) is 17.4. The van der Waals surface area contributed by atoms with Gasteiger partial charge < -0.3 is 25.2 Å². The van der Waals surface area contributed by atoms with Gasteiger partial charge in [0.2, 0.25) is 0 Å². The number of nitrogens with one attached hydrogen (secondary N) is 2. The molecule has 116 valence electrons. The summed E-state index contributed by atoms with van der Waals surface area (Å²) in [4.78, 5) is 22.4. The summed E-state index contributed by atoms with van der Waals surface area (Å²) in [5.74, 6) is -1.03. The molecule has 0 bridgehead atoms. The highest BCUT2D eigenvalue weighted by molar-refractivity contribution is 9.10. The molecule has 1 aromatic carbocycles. The Morgan fingerprint density at radius 1 is 1.29 bits per heavy atom. The van der Waals surface area contributed by atoms with Crippen molar-refractivity contribution in [3.63, 3.8) is 0 Å². The Morgan fingerprint density at radius 2 is 2.05 bits per heavy atom. The van der Waals surface area contributed by atoms with Crippen LogP contribution in [0.5, 0.6) is 0 Å². The minimum atomic E-state index is -1.03. The monoisotopic (exact) mass is 360 g/mol. The molecule has 0 heterocycles. The summed E-state index contributed by atoms with van der Waals surface area (Å²) in [7, 11) is 1.59. The molecule has 0 spiro atoms. The maximum absolute atomic E-state index is 11.6. The third-order valence-corrected chi connectivity index (χ3v) is 3.08. The summed E-state index contributed by atoms with van der Waals surface area (Å²) in [6, 6.07) is 3.96. The van der Waals surface area contributed by atoms with E-state index in [0.717, 1.165) is 0 Å². The average Bonchev–Trinajstić information content (AvgIpc) is 2.44. The second-order valence-electron chi connectivity index (χ2n) is 3.99. The van der Waals surface area contributed by atoms with E-state index in [9.17, 15) is 9.59 Å². The largest absolute Gasteiger partial charge is 0.478 e. The van der Waals surface area contributed by atoms with Crippen molar-refractivity contribution in [2.75, 3.05) is 38.8 Å². The van der Waals surface area contributed by atoms with E-state index in [1.807, 2.05) is 0 Å². The number of aromatic carboxylic acids is 1. The molecule has 1 aromatic rings. The molecule has 0 radical (unpaired) electrons. The second-order valence-corrected chi connectivity index (χ2v) is 4.84. The molecule has 7 nitrogen and oxygen atoms in total. The Morgan fingerprint density at radius 3 is 2.67 bits per heavy atom. The van der Waals surface area contributed by atoms with Crippen LogP contribution in [0.2, 0.25) is 0 Å². The lowest BCUT2D eigenvalue weighted by molar-refractivity contribution is 0.0697. The normalized spacial score (nSPS) is 10.2. The number of hydrogen-bond acceptors (Lipinski definition) is 4. The number of carboxylic acids is 1. The summed E-state index contributed by atoms with van der Waals surface area (Å²) in [6.07, 6.45) is 0. The SMILES string of the molecule is COCCOCCNC(=O)Nc1ccc(C(=O)O)cc1Br. The van der Waals surface area contributed by atoms with E-state index in [2.05, 4.69) is 26.6 Å². The molecular formula is C13H17BrN2O5. The number of urea groups is 1. The highest BCUT2D eigenvalue weighted by Crippen LogP contribution is 2.23. The maximum Gasteiger partial charge on any atom is 0.335 e. The number of hydrogen-bond donors (Lipinski definition) is 3. The fraction of sp³-hybridized carbons (Fsp3) is 0.385. The molecule has 0 aliphatic heterocycles. The number of benzene rings is 1. The average molecular weight is 361 g/mol. The van der Waals surface area contributed by atoms with Gasteiger partial charge in [0.25, 0.3) is 0 Å². The molecule has 3 N–H and O–H groups in total. The van der Waals surface area contributed by atoms with Crippen LogP contribution in [0, 0.1) is 0 Å². The number of carbonyl (C=O) groups excluding carboxylic acids is 1. The van der Waals surface area contributed by atoms with Gasteiger partial charge in [-0.1, -0.05) is 0 Å². The van der Waals surface area contributed by atoms with Crippen LogP contribution >= 0.6 is 15.9 Å². The van der Waals surface area contributed by atoms with Gasteiger partial charge in [-0.3, -0.25) is 0 Å². The van der Waals surface area contributed by atoms with Crippen molar-refractivity contribution in [2.24, 2.45) is 0 Å². The molecule has 8 heteroatoms. The predicted octanol–water partition coefficient (Wildman–Crippen LogP) is 1.93.